The molecule has 0 bridgehead atoms. The Labute approximate surface area is 99.4 Å². The molecule has 0 saturated heterocycles. The summed E-state index contributed by atoms with van der Waals surface area (Å²) in [4.78, 5) is 11.1. The number of fused-ring (bicyclic) bond motifs is 1. The monoisotopic (exact) mass is 233 g/mol. The Morgan fingerprint density at radius 1 is 1.41 bits per heavy atom. The Morgan fingerprint density at radius 3 is 2.94 bits per heavy atom. The summed E-state index contributed by atoms with van der Waals surface area (Å²) in [5, 5.41) is 9.85. The van der Waals surface area contributed by atoms with Gasteiger partial charge in [-0.2, -0.15) is 0 Å². The van der Waals surface area contributed by atoms with Gasteiger partial charge in [0.1, 0.15) is 0 Å². The lowest BCUT2D eigenvalue weighted by Gasteiger charge is -2.05. The molecule has 4 nitrogen and oxygen atoms in total. The van der Waals surface area contributed by atoms with Crippen LogP contribution in [-0.4, -0.2) is 28.9 Å². The SMILES string of the molecule is CCOCCn1ccc2c(C(=O)O)cccc21. The molecule has 0 radical (unpaired) electrons. The number of aromatic carboxylic acids is 1. The van der Waals surface area contributed by atoms with Crippen molar-refractivity contribution >= 4 is 16.9 Å². The molecular formula is C13H15NO3. The maximum absolute atomic E-state index is 11.1. The molecule has 0 aliphatic rings. The molecule has 2 aromatic rings. The van der Waals surface area contributed by atoms with Gasteiger partial charge in [-0.15, -0.1) is 0 Å². The van der Waals surface area contributed by atoms with E-state index in [4.69, 9.17) is 9.84 Å². The molecule has 2 rings (SSSR count). The van der Waals surface area contributed by atoms with Crippen LogP contribution in [0.2, 0.25) is 0 Å². The van der Waals surface area contributed by atoms with E-state index in [9.17, 15) is 4.79 Å². The largest absolute Gasteiger partial charge is 0.478 e. The van der Waals surface area contributed by atoms with Gasteiger partial charge in [0.2, 0.25) is 0 Å². The highest BCUT2D eigenvalue weighted by Crippen LogP contribution is 2.20. The Morgan fingerprint density at radius 2 is 2.24 bits per heavy atom. The highest BCUT2D eigenvalue weighted by Gasteiger charge is 2.10. The summed E-state index contributed by atoms with van der Waals surface area (Å²) in [5.74, 6) is -0.891. The number of carboxylic acids is 1. The van der Waals surface area contributed by atoms with Crippen molar-refractivity contribution in [2.45, 2.75) is 13.5 Å². The summed E-state index contributed by atoms with van der Waals surface area (Å²) in [6.45, 7) is 4.02. The number of rotatable bonds is 5. The minimum atomic E-state index is -0.891. The van der Waals surface area contributed by atoms with Crippen LogP contribution in [-0.2, 0) is 11.3 Å². The Balaban J connectivity index is 2.34. The zero-order valence-electron chi connectivity index (χ0n) is 9.72. The van der Waals surface area contributed by atoms with Crippen LogP contribution in [0.15, 0.2) is 30.5 Å². The highest BCUT2D eigenvalue weighted by molar-refractivity contribution is 6.02. The van der Waals surface area contributed by atoms with Crippen molar-refractivity contribution in [3.8, 4) is 0 Å². The standard InChI is InChI=1S/C13H15NO3/c1-2-17-9-8-14-7-6-10-11(13(15)16)4-3-5-12(10)14/h3-7H,2,8-9H2,1H3,(H,15,16). The number of carboxylic acid groups (broad SMARTS) is 1. The fourth-order valence-electron chi connectivity index (χ4n) is 1.91. The minimum Gasteiger partial charge on any atom is -0.478 e. The van der Waals surface area contributed by atoms with Crippen molar-refractivity contribution in [2.75, 3.05) is 13.2 Å². The van der Waals surface area contributed by atoms with Crippen LogP contribution in [0.5, 0.6) is 0 Å². The fraction of sp³-hybridized carbons (Fsp3) is 0.308. The van der Waals surface area contributed by atoms with Gasteiger partial charge in [-0.05, 0) is 25.1 Å². The predicted octanol–water partition coefficient (Wildman–Crippen LogP) is 2.38. The van der Waals surface area contributed by atoms with E-state index in [1.807, 2.05) is 29.8 Å². The molecule has 0 spiro atoms. The van der Waals surface area contributed by atoms with Crippen LogP contribution in [0.25, 0.3) is 10.9 Å². The van der Waals surface area contributed by atoms with E-state index in [1.165, 1.54) is 0 Å². The Bertz CT molecular complexity index is 530. The quantitative estimate of drug-likeness (QED) is 0.807. The van der Waals surface area contributed by atoms with E-state index in [-0.39, 0.29) is 0 Å². The first kappa shape index (κ1) is 11.7. The molecule has 1 aromatic carbocycles. The van der Waals surface area contributed by atoms with Crippen LogP contribution in [0.4, 0.5) is 0 Å². The number of hydrogen-bond donors (Lipinski definition) is 1. The van der Waals surface area contributed by atoms with E-state index in [0.29, 0.717) is 18.8 Å². The normalized spacial score (nSPS) is 10.9. The van der Waals surface area contributed by atoms with Crippen molar-refractivity contribution in [1.82, 2.24) is 4.57 Å². The first-order valence-corrected chi connectivity index (χ1v) is 5.63. The van der Waals surface area contributed by atoms with Crippen molar-refractivity contribution in [1.29, 1.82) is 0 Å². The molecule has 0 aliphatic carbocycles. The van der Waals surface area contributed by atoms with Gasteiger partial charge >= 0.3 is 5.97 Å². The third-order valence-corrected chi connectivity index (χ3v) is 2.72. The molecule has 0 fully saturated rings. The third kappa shape index (κ3) is 2.31. The average molecular weight is 233 g/mol. The zero-order chi connectivity index (χ0) is 12.3. The summed E-state index contributed by atoms with van der Waals surface area (Å²) in [6, 6.07) is 7.15. The lowest BCUT2D eigenvalue weighted by Crippen LogP contribution is -2.04. The molecule has 0 amide bonds. The fourth-order valence-corrected chi connectivity index (χ4v) is 1.91. The van der Waals surface area contributed by atoms with E-state index < -0.39 is 5.97 Å². The van der Waals surface area contributed by atoms with E-state index in [0.717, 1.165) is 17.4 Å². The summed E-state index contributed by atoms with van der Waals surface area (Å²) in [5.41, 5.74) is 1.28. The summed E-state index contributed by atoms with van der Waals surface area (Å²) >= 11 is 0. The maximum atomic E-state index is 11.1. The number of carbonyl (C=O) groups is 1. The molecule has 4 heteroatoms. The van der Waals surface area contributed by atoms with Crippen molar-refractivity contribution in [3.63, 3.8) is 0 Å². The minimum absolute atomic E-state index is 0.345. The number of ether oxygens (including phenoxy) is 1. The van der Waals surface area contributed by atoms with Crippen molar-refractivity contribution in [3.05, 3.63) is 36.0 Å². The molecule has 0 unspecified atom stereocenters. The van der Waals surface area contributed by atoms with Crippen LogP contribution in [0.3, 0.4) is 0 Å². The van der Waals surface area contributed by atoms with Gasteiger partial charge in [-0.1, -0.05) is 6.07 Å². The lowest BCUT2D eigenvalue weighted by molar-refractivity contribution is 0.0699. The number of hydrogen-bond acceptors (Lipinski definition) is 2. The maximum Gasteiger partial charge on any atom is 0.336 e. The van der Waals surface area contributed by atoms with Crippen LogP contribution in [0.1, 0.15) is 17.3 Å². The highest BCUT2D eigenvalue weighted by atomic mass is 16.5. The van der Waals surface area contributed by atoms with E-state index in [2.05, 4.69) is 0 Å². The van der Waals surface area contributed by atoms with Crippen molar-refractivity contribution in [2.24, 2.45) is 0 Å². The number of benzene rings is 1. The first-order valence-electron chi connectivity index (χ1n) is 5.63. The van der Waals surface area contributed by atoms with Gasteiger partial charge in [-0.3, -0.25) is 0 Å². The molecule has 90 valence electrons. The second-order valence-corrected chi connectivity index (χ2v) is 3.75. The predicted molar refractivity (Wildman–Crippen MR) is 65.4 cm³/mol. The smallest absolute Gasteiger partial charge is 0.336 e. The van der Waals surface area contributed by atoms with Gasteiger partial charge in [-0.25, -0.2) is 4.79 Å². The lowest BCUT2D eigenvalue weighted by atomic mass is 10.1. The van der Waals surface area contributed by atoms with Crippen molar-refractivity contribution < 1.29 is 14.6 Å². The number of nitrogens with zero attached hydrogens (tertiary/aromatic N) is 1. The molecule has 1 aromatic heterocycles. The van der Waals surface area contributed by atoms with Gasteiger partial charge in [0.05, 0.1) is 12.2 Å². The van der Waals surface area contributed by atoms with Crippen LogP contribution < -0.4 is 0 Å². The molecule has 1 heterocycles. The second-order valence-electron chi connectivity index (χ2n) is 3.75. The topological polar surface area (TPSA) is 51.5 Å². The molecule has 0 aliphatic heterocycles. The Kier molecular flexibility index (Phi) is 3.44. The average Bonchev–Trinajstić information content (AvgIpc) is 2.72. The van der Waals surface area contributed by atoms with Crippen LogP contribution in [0, 0.1) is 0 Å². The summed E-state index contributed by atoms with van der Waals surface area (Å²) < 4.78 is 7.31. The van der Waals surface area contributed by atoms with E-state index >= 15 is 0 Å². The van der Waals surface area contributed by atoms with Gasteiger partial charge in [0.25, 0.3) is 0 Å². The number of aromatic nitrogens is 1. The Hall–Kier alpha value is -1.81. The summed E-state index contributed by atoms with van der Waals surface area (Å²) in [6.07, 6.45) is 1.90. The van der Waals surface area contributed by atoms with Gasteiger partial charge < -0.3 is 14.4 Å². The summed E-state index contributed by atoms with van der Waals surface area (Å²) in [7, 11) is 0. The zero-order valence-corrected chi connectivity index (χ0v) is 9.72. The molecule has 1 N–H and O–H groups in total. The van der Waals surface area contributed by atoms with Gasteiger partial charge in [0, 0.05) is 30.3 Å². The van der Waals surface area contributed by atoms with Crippen LogP contribution >= 0.6 is 0 Å². The third-order valence-electron chi connectivity index (χ3n) is 2.72. The van der Waals surface area contributed by atoms with E-state index in [1.54, 1.807) is 12.1 Å². The molecule has 0 atom stereocenters. The van der Waals surface area contributed by atoms with Gasteiger partial charge in [0.15, 0.2) is 0 Å². The second kappa shape index (κ2) is 5.01. The first-order chi connectivity index (χ1) is 8.24. The molecular weight excluding hydrogens is 218 g/mol. The molecule has 0 saturated carbocycles. The molecule has 17 heavy (non-hydrogen) atoms.